The number of carbonyl (C=O) groups excluding carboxylic acids is 2. The van der Waals surface area contributed by atoms with Gasteiger partial charge in [0.15, 0.2) is 17.2 Å². The summed E-state index contributed by atoms with van der Waals surface area (Å²) in [4.78, 5) is 70.7. The molecule has 0 bridgehead atoms. The molecule has 0 unspecified atom stereocenters. The molecular weight excluding hydrogens is 656 g/mol. The van der Waals surface area contributed by atoms with Crippen LogP contribution in [0.3, 0.4) is 0 Å². The maximum absolute atomic E-state index is 12.0. The Kier molecular flexibility index (Phi) is 16.7. The van der Waals surface area contributed by atoms with E-state index in [4.69, 9.17) is 25.1 Å². The number of hydrogen-bond acceptors (Lipinski definition) is 14. The lowest BCUT2D eigenvalue weighted by Crippen LogP contribution is -2.35. The largest absolute Gasteiger partial charge is 0.505 e. The molecule has 0 saturated carbocycles. The first-order valence-corrected chi connectivity index (χ1v) is 15.3. The predicted octanol–water partition coefficient (Wildman–Crippen LogP) is 1.59. The molecule has 0 atom stereocenters. The van der Waals surface area contributed by atoms with Crippen molar-refractivity contribution in [1.29, 1.82) is 0 Å². The molecule has 50 heavy (non-hydrogen) atoms. The van der Waals surface area contributed by atoms with Gasteiger partial charge in [0.1, 0.15) is 5.69 Å². The van der Waals surface area contributed by atoms with E-state index in [1.165, 1.54) is 28.0 Å². The number of aromatic hydroxyl groups is 2. The third kappa shape index (κ3) is 10.3. The molecule has 16 nitrogen and oxygen atoms in total. The first kappa shape index (κ1) is 42.1. The van der Waals surface area contributed by atoms with Gasteiger partial charge in [-0.05, 0) is 52.0 Å². The zero-order valence-electron chi connectivity index (χ0n) is 29.3. The molecule has 16 heteroatoms. The normalized spacial score (nSPS) is 9.94. The molecule has 6 N–H and O–H groups in total. The van der Waals surface area contributed by atoms with Gasteiger partial charge in [0, 0.05) is 34.8 Å². The van der Waals surface area contributed by atoms with E-state index in [1.807, 2.05) is 0 Å². The molecule has 2 amide bonds. The number of nitrogens with one attached hydrogen (secondary N) is 1. The molecule has 0 aliphatic rings. The number of benzene rings is 2. The van der Waals surface area contributed by atoms with Gasteiger partial charge in [0.2, 0.25) is 11.5 Å². The highest BCUT2D eigenvalue weighted by molar-refractivity contribution is 5.99. The van der Waals surface area contributed by atoms with Gasteiger partial charge in [-0.15, -0.1) is 0 Å². The monoisotopic (exact) mass is 700 g/mol. The van der Waals surface area contributed by atoms with Crippen LogP contribution in [0, 0.1) is 0 Å². The molecule has 0 aliphatic heterocycles. The number of rotatable bonds is 10. The van der Waals surface area contributed by atoms with Crippen molar-refractivity contribution in [2.45, 2.75) is 27.7 Å². The number of ether oxygens (including phenoxy) is 3. The molecule has 0 saturated heterocycles. The van der Waals surface area contributed by atoms with E-state index in [2.05, 4.69) is 5.32 Å². The summed E-state index contributed by atoms with van der Waals surface area (Å²) < 4.78 is 14.9. The summed E-state index contributed by atoms with van der Waals surface area (Å²) in [6.45, 7) is 8.08. The topological polar surface area (TPSA) is 235 Å². The zero-order chi connectivity index (χ0) is 38.3. The van der Waals surface area contributed by atoms with E-state index in [1.54, 1.807) is 74.1 Å². The number of amides is 2. The highest BCUT2D eigenvalue weighted by Crippen LogP contribution is 2.32. The number of para-hydroxylation sites is 2. The first-order chi connectivity index (χ1) is 23.5. The molecule has 4 aromatic carbocycles. The Morgan fingerprint density at radius 1 is 0.660 bits per heavy atom. The maximum Gasteiger partial charge on any atom is 0.275 e. The van der Waals surface area contributed by atoms with Crippen molar-refractivity contribution in [3.8, 4) is 28.7 Å². The number of hydrogen-bond donors (Lipinski definition) is 5. The SMILES string of the molecule is CCO.CCOc1c(Nc2cccc(C(=O)N(C)C)c2O)c(=O)c1=O.CCOc1c(OCC)c(=O)c1=O.CN(C)C(=O)c1cccc(N)c1O. The van der Waals surface area contributed by atoms with Crippen LogP contribution in [0.5, 0.6) is 28.7 Å². The average molecular weight is 701 g/mol. The summed E-state index contributed by atoms with van der Waals surface area (Å²) in [6, 6.07) is 9.23. The van der Waals surface area contributed by atoms with Crippen molar-refractivity contribution in [3.63, 3.8) is 0 Å². The number of nitrogens with two attached hydrogens (primary N) is 1. The number of aliphatic hydroxyl groups excluding tert-OH is 1. The lowest BCUT2D eigenvalue weighted by molar-refractivity contribution is 0.0817. The Bertz CT molecular complexity index is 1850. The fourth-order valence-corrected chi connectivity index (χ4v) is 3.83. The third-order valence-electron chi connectivity index (χ3n) is 6.19. The minimum absolute atomic E-state index is 0.0170. The molecule has 0 aromatic heterocycles. The van der Waals surface area contributed by atoms with Gasteiger partial charge < -0.3 is 50.4 Å². The standard InChI is InChI=1S/C15H16N2O5.C9H12N2O2.C8H10O4.C2H6O/c1-4-22-14-10(12(19)13(14)20)16-9-7-5-6-8(11(9)18)15(21)17(2)3;1-11(2)9(13)6-4-3-5-7(10)8(6)12;1-3-11-7-5(9)6(10)8(7)12-4-2;1-2-3/h5-7,16,18H,4H2,1-3H3;3-5,12H,10H2,1-2H3;3-4H2,1-2H3;3H,2H2,1H3. The molecule has 0 heterocycles. The van der Waals surface area contributed by atoms with Crippen LogP contribution < -0.4 is 47.0 Å². The fourth-order valence-electron chi connectivity index (χ4n) is 3.83. The fraction of sp³-hybridized carbons (Fsp3) is 0.353. The van der Waals surface area contributed by atoms with Crippen LogP contribution >= 0.6 is 0 Å². The van der Waals surface area contributed by atoms with Crippen molar-refractivity contribution >= 4 is 28.9 Å². The minimum atomic E-state index is -0.716. The smallest absolute Gasteiger partial charge is 0.275 e. The van der Waals surface area contributed by atoms with Crippen LogP contribution in [-0.4, -0.2) is 91.6 Å². The van der Waals surface area contributed by atoms with Gasteiger partial charge in [0.05, 0.1) is 42.3 Å². The number of nitrogen functional groups attached to an aromatic ring is 1. The third-order valence-corrected chi connectivity index (χ3v) is 6.19. The first-order valence-electron chi connectivity index (χ1n) is 15.3. The molecule has 272 valence electrons. The van der Waals surface area contributed by atoms with Crippen molar-refractivity contribution in [2.24, 2.45) is 0 Å². The summed E-state index contributed by atoms with van der Waals surface area (Å²) in [6.07, 6.45) is 0. The Morgan fingerprint density at radius 2 is 1.04 bits per heavy atom. The van der Waals surface area contributed by atoms with E-state index < -0.39 is 21.7 Å². The van der Waals surface area contributed by atoms with E-state index in [9.17, 15) is 39.0 Å². The number of nitrogens with zero attached hydrogens (tertiary/aromatic N) is 2. The lowest BCUT2D eigenvalue weighted by Gasteiger charge is -2.16. The van der Waals surface area contributed by atoms with Crippen LogP contribution in [0.2, 0.25) is 0 Å². The number of anilines is 3. The van der Waals surface area contributed by atoms with Crippen molar-refractivity contribution in [2.75, 3.05) is 65.7 Å². The van der Waals surface area contributed by atoms with Gasteiger partial charge in [0.25, 0.3) is 33.5 Å². The Balaban J connectivity index is 0.000000383. The van der Waals surface area contributed by atoms with Gasteiger partial charge in [-0.1, -0.05) is 12.1 Å². The minimum Gasteiger partial charge on any atom is -0.505 e. The quantitative estimate of drug-likeness (QED) is 0.0898. The predicted molar refractivity (Wildman–Crippen MR) is 189 cm³/mol. The molecular formula is C34H44N4O12. The highest BCUT2D eigenvalue weighted by atomic mass is 16.5. The van der Waals surface area contributed by atoms with E-state index in [-0.39, 0.29) is 82.0 Å². The Morgan fingerprint density at radius 3 is 1.46 bits per heavy atom. The van der Waals surface area contributed by atoms with E-state index in [0.717, 1.165) is 0 Å². The summed E-state index contributed by atoms with van der Waals surface area (Å²) >= 11 is 0. The molecule has 4 aromatic rings. The summed E-state index contributed by atoms with van der Waals surface area (Å²) in [5, 5.41) is 29.8. The van der Waals surface area contributed by atoms with Gasteiger partial charge >= 0.3 is 0 Å². The second-order valence-corrected chi connectivity index (χ2v) is 10.3. The van der Waals surface area contributed by atoms with Gasteiger partial charge in [-0.25, -0.2) is 0 Å². The van der Waals surface area contributed by atoms with Crippen LogP contribution in [0.15, 0.2) is 55.6 Å². The van der Waals surface area contributed by atoms with Crippen molar-refractivity contribution in [1.82, 2.24) is 9.80 Å². The number of carbonyl (C=O) groups is 2. The van der Waals surface area contributed by atoms with Gasteiger partial charge in [-0.2, -0.15) is 0 Å². The lowest BCUT2D eigenvalue weighted by atomic mass is 10.1. The van der Waals surface area contributed by atoms with Crippen LogP contribution in [0.4, 0.5) is 17.1 Å². The zero-order valence-corrected chi connectivity index (χ0v) is 29.3. The number of aliphatic hydroxyl groups is 1. The Labute approximate surface area is 288 Å². The molecule has 4 rings (SSSR count). The van der Waals surface area contributed by atoms with Crippen molar-refractivity contribution < 1.29 is 39.1 Å². The van der Waals surface area contributed by atoms with Crippen molar-refractivity contribution in [3.05, 3.63) is 88.4 Å². The summed E-state index contributed by atoms with van der Waals surface area (Å²) in [7, 11) is 6.35. The van der Waals surface area contributed by atoms with Crippen LogP contribution in [-0.2, 0) is 0 Å². The molecule has 0 spiro atoms. The molecule has 0 radical (unpaired) electrons. The highest BCUT2D eigenvalue weighted by Gasteiger charge is 2.25. The summed E-state index contributed by atoms with van der Waals surface area (Å²) in [5.41, 5.74) is 3.52. The number of phenolic OH excluding ortho intramolecular Hbond substituents is 2. The maximum atomic E-state index is 12.0. The Hall–Kier alpha value is -5.90. The van der Waals surface area contributed by atoms with Gasteiger partial charge in [-0.3, -0.25) is 28.8 Å². The number of phenols is 2. The van der Waals surface area contributed by atoms with E-state index in [0.29, 0.717) is 13.2 Å². The second kappa shape index (κ2) is 19.8. The van der Waals surface area contributed by atoms with Crippen LogP contribution in [0.1, 0.15) is 48.4 Å². The summed E-state index contributed by atoms with van der Waals surface area (Å²) in [5.74, 6) is -0.996. The molecule has 0 aliphatic carbocycles. The van der Waals surface area contributed by atoms with Crippen LogP contribution in [0.25, 0.3) is 0 Å². The van der Waals surface area contributed by atoms with E-state index >= 15 is 0 Å². The average Bonchev–Trinajstić information content (AvgIpc) is 3.09. The second-order valence-electron chi connectivity index (χ2n) is 10.3. The molecule has 0 fully saturated rings.